The predicted molar refractivity (Wildman–Crippen MR) is 74.6 cm³/mol. The highest BCUT2D eigenvalue weighted by molar-refractivity contribution is 5.80. The first-order valence-electron chi connectivity index (χ1n) is 6.25. The van der Waals surface area contributed by atoms with Crippen molar-refractivity contribution in [3.63, 3.8) is 0 Å². The minimum atomic E-state index is -0.822. The van der Waals surface area contributed by atoms with E-state index in [9.17, 15) is 14.9 Å². The summed E-state index contributed by atoms with van der Waals surface area (Å²) in [5, 5.41) is 13.4. The standard InChI is InChI=1S/C13H18N2O6/c1-9(13(16)14-6-7-19-2)21-12-8-10(15(17)18)4-5-11(12)20-3/h4-5,8-9H,6-7H2,1-3H3,(H,14,16)/t9-/m1/s1. The van der Waals surface area contributed by atoms with E-state index < -0.39 is 11.0 Å². The zero-order valence-electron chi connectivity index (χ0n) is 12.1. The van der Waals surface area contributed by atoms with Crippen LogP contribution in [0.5, 0.6) is 11.5 Å². The molecular formula is C13H18N2O6. The van der Waals surface area contributed by atoms with Gasteiger partial charge < -0.3 is 19.5 Å². The molecule has 0 aliphatic carbocycles. The molecule has 21 heavy (non-hydrogen) atoms. The van der Waals surface area contributed by atoms with E-state index in [-0.39, 0.29) is 17.3 Å². The van der Waals surface area contributed by atoms with Crippen LogP contribution in [0.25, 0.3) is 0 Å². The van der Waals surface area contributed by atoms with Crippen LogP contribution < -0.4 is 14.8 Å². The second kappa shape index (κ2) is 8.05. The molecule has 0 saturated carbocycles. The highest BCUT2D eigenvalue weighted by atomic mass is 16.6. The third-order valence-corrected chi connectivity index (χ3v) is 2.64. The average molecular weight is 298 g/mol. The molecule has 1 aromatic rings. The average Bonchev–Trinajstić information content (AvgIpc) is 2.47. The van der Waals surface area contributed by atoms with Gasteiger partial charge in [0.25, 0.3) is 11.6 Å². The number of hydrogen-bond donors (Lipinski definition) is 1. The molecule has 0 aliphatic heterocycles. The van der Waals surface area contributed by atoms with Gasteiger partial charge in [-0.15, -0.1) is 0 Å². The van der Waals surface area contributed by atoms with Crippen LogP contribution in [-0.2, 0) is 9.53 Å². The monoisotopic (exact) mass is 298 g/mol. The summed E-state index contributed by atoms with van der Waals surface area (Å²) in [5.41, 5.74) is -0.141. The summed E-state index contributed by atoms with van der Waals surface area (Å²) in [4.78, 5) is 22.0. The summed E-state index contributed by atoms with van der Waals surface area (Å²) in [6.45, 7) is 2.29. The van der Waals surface area contributed by atoms with Crippen molar-refractivity contribution < 1.29 is 23.9 Å². The van der Waals surface area contributed by atoms with Gasteiger partial charge in [0.05, 0.1) is 24.7 Å². The molecule has 1 atom stereocenters. The maximum absolute atomic E-state index is 11.8. The lowest BCUT2D eigenvalue weighted by Crippen LogP contribution is -2.38. The van der Waals surface area contributed by atoms with Crippen LogP contribution in [0.1, 0.15) is 6.92 Å². The molecule has 116 valence electrons. The van der Waals surface area contributed by atoms with Gasteiger partial charge in [-0.3, -0.25) is 14.9 Å². The number of ether oxygens (including phenoxy) is 3. The van der Waals surface area contributed by atoms with E-state index in [2.05, 4.69) is 5.32 Å². The van der Waals surface area contributed by atoms with E-state index in [4.69, 9.17) is 14.2 Å². The molecule has 0 aliphatic rings. The normalized spacial score (nSPS) is 11.6. The number of carbonyl (C=O) groups is 1. The number of nitro benzene ring substituents is 1. The van der Waals surface area contributed by atoms with E-state index in [0.717, 1.165) is 0 Å². The molecule has 1 rings (SSSR count). The zero-order chi connectivity index (χ0) is 15.8. The number of rotatable bonds is 8. The molecular weight excluding hydrogens is 280 g/mol. The van der Waals surface area contributed by atoms with Gasteiger partial charge >= 0.3 is 0 Å². The second-order valence-electron chi connectivity index (χ2n) is 4.14. The van der Waals surface area contributed by atoms with Gasteiger partial charge in [0.2, 0.25) is 0 Å². The van der Waals surface area contributed by atoms with E-state index in [1.54, 1.807) is 6.92 Å². The van der Waals surface area contributed by atoms with Crippen molar-refractivity contribution in [1.82, 2.24) is 5.32 Å². The van der Waals surface area contributed by atoms with Crippen LogP contribution in [0.3, 0.4) is 0 Å². The molecule has 0 radical (unpaired) electrons. The van der Waals surface area contributed by atoms with Gasteiger partial charge in [0.15, 0.2) is 17.6 Å². The molecule has 0 bridgehead atoms. The van der Waals surface area contributed by atoms with Gasteiger partial charge in [-0.2, -0.15) is 0 Å². The summed E-state index contributed by atoms with van der Waals surface area (Å²) in [7, 11) is 2.94. The molecule has 1 amide bonds. The van der Waals surface area contributed by atoms with Gasteiger partial charge in [0.1, 0.15) is 0 Å². The van der Waals surface area contributed by atoms with Crippen LogP contribution in [0.15, 0.2) is 18.2 Å². The van der Waals surface area contributed by atoms with Crippen LogP contribution in [0.2, 0.25) is 0 Å². The van der Waals surface area contributed by atoms with Crippen molar-refractivity contribution in [3.05, 3.63) is 28.3 Å². The summed E-state index contributed by atoms with van der Waals surface area (Å²) in [6.07, 6.45) is -0.822. The van der Waals surface area contributed by atoms with Gasteiger partial charge in [-0.1, -0.05) is 0 Å². The molecule has 0 saturated heterocycles. The highest BCUT2D eigenvalue weighted by Crippen LogP contribution is 2.31. The Morgan fingerprint density at radius 2 is 2.10 bits per heavy atom. The lowest BCUT2D eigenvalue weighted by Gasteiger charge is -2.16. The number of nitrogens with one attached hydrogen (secondary N) is 1. The molecule has 1 N–H and O–H groups in total. The maximum atomic E-state index is 11.8. The number of carbonyl (C=O) groups excluding carboxylic acids is 1. The Bertz CT molecular complexity index is 505. The first kappa shape index (κ1) is 16.7. The van der Waals surface area contributed by atoms with Crippen molar-refractivity contribution >= 4 is 11.6 Å². The second-order valence-corrected chi connectivity index (χ2v) is 4.14. The Morgan fingerprint density at radius 3 is 2.67 bits per heavy atom. The first-order chi connectivity index (χ1) is 9.99. The van der Waals surface area contributed by atoms with Gasteiger partial charge in [-0.05, 0) is 13.0 Å². The van der Waals surface area contributed by atoms with Crippen molar-refractivity contribution in [1.29, 1.82) is 0 Å². The van der Waals surface area contributed by atoms with Crippen LogP contribution >= 0.6 is 0 Å². The summed E-state index contributed by atoms with van der Waals surface area (Å²) in [6, 6.07) is 3.94. The number of hydrogen-bond acceptors (Lipinski definition) is 6. The van der Waals surface area contributed by atoms with E-state index >= 15 is 0 Å². The smallest absolute Gasteiger partial charge is 0.273 e. The van der Waals surface area contributed by atoms with Gasteiger partial charge in [-0.25, -0.2) is 0 Å². The fourth-order valence-corrected chi connectivity index (χ4v) is 1.54. The molecule has 8 nitrogen and oxygen atoms in total. The quantitative estimate of drug-likeness (QED) is 0.439. The topological polar surface area (TPSA) is 99.9 Å². The number of amides is 1. The maximum Gasteiger partial charge on any atom is 0.273 e. The third-order valence-electron chi connectivity index (χ3n) is 2.64. The summed E-state index contributed by atoms with van der Waals surface area (Å²) >= 11 is 0. The Kier molecular flexibility index (Phi) is 6.41. The van der Waals surface area contributed by atoms with Crippen LogP contribution in [0.4, 0.5) is 5.69 Å². The first-order valence-corrected chi connectivity index (χ1v) is 6.25. The molecule has 0 unspecified atom stereocenters. The van der Waals surface area contributed by atoms with E-state index in [1.165, 1.54) is 32.4 Å². The number of benzene rings is 1. The highest BCUT2D eigenvalue weighted by Gasteiger charge is 2.19. The Hall–Kier alpha value is -2.35. The molecule has 0 spiro atoms. The van der Waals surface area contributed by atoms with Crippen LogP contribution in [0, 0.1) is 10.1 Å². The molecule has 8 heteroatoms. The molecule has 0 aromatic heterocycles. The van der Waals surface area contributed by atoms with Crippen LogP contribution in [-0.4, -0.2) is 44.3 Å². The van der Waals surface area contributed by atoms with Crippen molar-refractivity contribution in [2.24, 2.45) is 0 Å². The lowest BCUT2D eigenvalue weighted by molar-refractivity contribution is -0.385. The Labute approximate surface area is 122 Å². The predicted octanol–water partition coefficient (Wildman–Crippen LogP) is 1.13. The SMILES string of the molecule is COCCNC(=O)[C@@H](C)Oc1cc([N+](=O)[O-])ccc1OC. The molecule has 1 aromatic carbocycles. The third kappa shape index (κ3) is 4.92. The number of methoxy groups -OCH3 is 2. The van der Waals surface area contributed by atoms with E-state index in [0.29, 0.717) is 18.9 Å². The van der Waals surface area contributed by atoms with Crippen molar-refractivity contribution in [3.8, 4) is 11.5 Å². The minimum Gasteiger partial charge on any atom is -0.493 e. The summed E-state index contributed by atoms with van der Waals surface area (Å²) in [5.74, 6) is 0.110. The zero-order valence-corrected chi connectivity index (χ0v) is 12.1. The fraction of sp³-hybridized carbons (Fsp3) is 0.462. The number of nitrogens with zero attached hydrogens (tertiary/aromatic N) is 1. The minimum absolute atomic E-state index is 0.140. The van der Waals surface area contributed by atoms with Crippen molar-refractivity contribution in [2.45, 2.75) is 13.0 Å². The van der Waals surface area contributed by atoms with E-state index in [1.807, 2.05) is 0 Å². The largest absolute Gasteiger partial charge is 0.493 e. The lowest BCUT2D eigenvalue weighted by atomic mass is 10.2. The van der Waals surface area contributed by atoms with Crippen molar-refractivity contribution in [2.75, 3.05) is 27.4 Å². The molecule has 0 fully saturated rings. The summed E-state index contributed by atoms with van der Waals surface area (Å²) < 4.78 is 15.3. The number of non-ortho nitro benzene ring substituents is 1. The Balaban J connectivity index is 2.78. The Morgan fingerprint density at radius 1 is 1.38 bits per heavy atom. The van der Waals surface area contributed by atoms with Gasteiger partial charge in [0, 0.05) is 19.7 Å². The fourth-order valence-electron chi connectivity index (χ4n) is 1.54. The molecule has 0 heterocycles. The number of nitro groups is 1.